The number of phosphoric ester groups is 1. The molecule has 0 heterocycles. The predicted molar refractivity (Wildman–Crippen MR) is 74.7 cm³/mol. The molecule has 0 rings (SSSR count). The Hall–Kier alpha value is -0.00364. The molecule has 0 aromatic heterocycles. The van der Waals surface area contributed by atoms with Crippen molar-refractivity contribution in [1.29, 1.82) is 0 Å². The Morgan fingerprint density at radius 2 is 0.535 bits per heavy atom. The van der Waals surface area contributed by atoms with Gasteiger partial charge in [0, 0.05) is 0 Å². The molecule has 4 nitrogen and oxygen atoms in total. The molecule has 0 unspecified atom stereocenters. The second-order valence-corrected chi connectivity index (χ2v) is 8.50. The van der Waals surface area contributed by atoms with Gasteiger partial charge in [0.2, 0.25) is 0 Å². The molecule has 2 N–H and O–H groups in total. The standard InChI is InChI=1S/C12H2F25O4P.K.H/c13-1(14,3(17,18)5(21,22)7(25,26)9(29,30)11(33,34)35)2(15,16)4(19,20)6(23,24)8(27,28)10(31,32)12(36,37)41-42(38,39)40;;/h(H2,38,39,40);;/q;+1;-1. The quantitative estimate of drug-likeness (QED) is 0.172. The van der Waals surface area contributed by atoms with Crippen LogP contribution < -0.4 is 51.4 Å². The third-order valence-electron chi connectivity index (χ3n) is 4.50. The van der Waals surface area contributed by atoms with Crippen LogP contribution in [0.5, 0.6) is 0 Å². The summed E-state index contributed by atoms with van der Waals surface area (Å²) in [4.78, 5) is 15.7. The molecule has 0 aromatic carbocycles. The van der Waals surface area contributed by atoms with E-state index in [-0.39, 0.29) is 52.8 Å². The van der Waals surface area contributed by atoms with Crippen LogP contribution in [0.1, 0.15) is 1.43 Å². The Morgan fingerprint density at radius 3 is 0.698 bits per heavy atom. The van der Waals surface area contributed by atoms with E-state index in [1.165, 1.54) is 0 Å². The molecule has 0 spiro atoms. The van der Waals surface area contributed by atoms with Crippen molar-refractivity contribution >= 4 is 7.82 Å². The zero-order valence-electron chi connectivity index (χ0n) is 19.6. The van der Waals surface area contributed by atoms with Crippen LogP contribution in [0.2, 0.25) is 0 Å². The molecule has 0 bridgehead atoms. The van der Waals surface area contributed by atoms with Crippen molar-refractivity contribution in [2.75, 3.05) is 0 Å². The summed E-state index contributed by atoms with van der Waals surface area (Å²) in [6.45, 7) is 0. The van der Waals surface area contributed by atoms with Gasteiger partial charge in [-0.1, -0.05) is 0 Å². The number of rotatable bonds is 12. The van der Waals surface area contributed by atoms with Gasteiger partial charge in [0.05, 0.1) is 0 Å². The maximum Gasteiger partial charge on any atom is 1.00 e. The summed E-state index contributed by atoms with van der Waals surface area (Å²) in [6, 6.07) is 0. The SMILES string of the molecule is O=P(O)(O)OC(F)(F)C(F)(F)C(F)(F)C(F)(F)C(F)(F)C(F)(F)C(F)(F)C(F)(F)C(F)(F)C(F)(F)C(F)(F)C(F)(F)F.[H-].[K+]. The first-order valence-electron chi connectivity index (χ1n) is 8.44. The number of hydrogen-bond acceptors (Lipinski definition) is 2. The summed E-state index contributed by atoms with van der Waals surface area (Å²) < 4.78 is 340. The molecule has 0 radical (unpaired) electrons. The topological polar surface area (TPSA) is 66.8 Å². The summed E-state index contributed by atoms with van der Waals surface area (Å²) in [6.07, 6.45) is -16.2. The molecule has 43 heavy (non-hydrogen) atoms. The van der Waals surface area contributed by atoms with E-state index >= 15 is 0 Å². The molecule has 0 saturated carbocycles. The minimum absolute atomic E-state index is 0. The molecule has 256 valence electrons. The third-order valence-corrected chi connectivity index (χ3v) is 4.97. The molecular formula is C12H3F25KO4P. The molecule has 0 aliphatic heterocycles. The van der Waals surface area contributed by atoms with Crippen LogP contribution in [0.3, 0.4) is 0 Å². The van der Waals surface area contributed by atoms with Crippen molar-refractivity contribution in [3.8, 4) is 0 Å². The van der Waals surface area contributed by atoms with Gasteiger partial charge in [0.15, 0.2) is 0 Å². The van der Waals surface area contributed by atoms with E-state index in [0.29, 0.717) is 0 Å². The van der Waals surface area contributed by atoms with Gasteiger partial charge < -0.3 is 11.2 Å². The van der Waals surface area contributed by atoms with Crippen LogP contribution in [0, 0.1) is 0 Å². The average Bonchev–Trinajstić information content (AvgIpc) is 2.69. The average molecular weight is 756 g/mol. The van der Waals surface area contributed by atoms with Crippen LogP contribution in [0.15, 0.2) is 0 Å². The second kappa shape index (κ2) is 11.3. The summed E-state index contributed by atoms with van der Waals surface area (Å²) in [5, 5.41) is 0. The van der Waals surface area contributed by atoms with Crippen molar-refractivity contribution in [3.05, 3.63) is 0 Å². The van der Waals surface area contributed by atoms with Crippen LogP contribution in [0.25, 0.3) is 0 Å². The Kier molecular flexibility index (Phi) is 11.9. The van der Waals surface area contributed by atoms with Crippen LogP contribution in [-0.4, -0.2) is 81.3 Å². The molecule has 0 fully saturated rings. The first kappa shape index (κ1) is 45.1. The summed E-state index contributed by atoms with van der Waals surface area (Å²) in [7, 11) is -7.35. The summed E-state index contributed by atoms with van der Waals surface area (Å²) in [5.41, 5.74) is 0. The number of halogens is 25. The van der Waals surface area contributed by atoms with Crippen LogP contribution in [0.4, 0.5) is 110 Å². The smallest absolute Gasteiger partial charge is 1.00 e. The minimum atomic E-state index is -9.74. The van der Waals surface area contributed by atoms with Gasteiger partial charge in [0.25, 0.3) is 0 Å². The van der Waals surface area contributed by atoms with Gasteiger partial charge in [0.1, 0.15) is 0 Å². The fraction of sp³-hybridized carbons (Fsp3) is 1.00. The number of phosphoric acid groups is 1. The summed E-state index contributed by atoms with van der Waals surface area (Å²) >= 11 is 0. The second-order valence-electron chi connectivity index (χ2n) is 7.34. The normalized spacial score (nSPS) is 16.7. The zero-order chi connectivity index (χ0) is 35.2. The molecule has 0 aliphatic rings. The Bertz CT molecular complexity index is 1070. The summed E-state index contributed by atoms with van der Waals surface area (Å²) in [5.74, 6) is -93.6. The molecule has 0 aliphatic carbocycles. The molecule has 0 amide bonds. The van der Waals surface area contributed by atoms with E-state index in [1.54, 1.807) is 4.52 Å². The Labute approximate surface area is 260 Å². The number of alkyl halides is 25. The molecular weight excluding hydrogens is 753 g/mol. The fourth-order valence-electron chi connectivity index (χ4n) is 2.14. The Balaban J connectivity index is -0.00000840. The van der Waals surface area contributed by atoms with E-state index in [2.05, 4.69) is 0 Å². The van der Waals surface area contributed by atoms with E-state index in [4.69, 9.17) is 9.79 Å². The van der Waals surface area contributed by atoms with Crippen LogP contribution in [-0.2, 0) is 9.09 Å². The monoisotopic (exact) mass is 756 g/mol. The van der Waals surface area contributed by atoms with Gasteiger partial charge in [-0.25, -0.2) is 9.09 Å². The zero-order valence-corrected chi connectivity index (χ0v) is 22.6. The van der Waals surface area contributed by atoms with Crippen molar-refractivity contribution in [1.82, 2.24) is 0 Å². The van der Waals surface area contributed by atoms with Gasteiger partial charge in [-0.3, -0.25) is 0 Å². The van der Waals surface area contributed by atoms with Gasteiger partial charge in [-0.15, -0.1) is 0 Å². The van der Waals surface area contributed by atoms with E-state index in [0.717, 1.165) is 0 Å². The van der Waals surface area contributed by atoms with E-state index in [9.17, 15) is 114 Å². The first-order valence-corrected chi connectivity index (χ1v) is 9.97. The van der Waals surface area contributed by atoms with Crippen molar-refractivity contribution < 1.29 is 181 Å². The van der Waals surface area contributed by atoms with Crippen LogP contribution >= 0.6 is 7.82 Å². The van der Waals surface area contributed by atoms with Crippen molar-refractivity contribution in [2.24, 2.45) is 0 Å². The third kappa shape index (κ3) is 6.09. The van der Waals surface area contributed by atoms with E-state index in [1.807, 2.05) is 0 Å². The number of hydrogen-bond donors (Lipinski definition) is 2. The van der Waals surface area contributed by atoms with Crippen molar-refractivity contribution in [3.63, 3.8) is 0 Å². The fourth-order valence-corrected chi connectivity index (χ4v) is 2.56. The van der Waals surface area contributed by atoms with Gasteiger partial charge in [-0.2, -0.15) is 110 Å². The largest absolute Gasteiger partial charge is 1.00 e. The van der Waals surface area contributed by atoms with Gasteiger partial charge >= 0.3 is 131 Å². The molecule has 0 aromatic rings. The molecule has 31 heteroatoms. The van der Waals surface area contributed by atoms with Crippen molar-refractivity contribution in [2.45, 2.75) is 71.5 Å². The minimum Gasteiger partial charge on any atom is -1.00 e. The first-order chi connectivity index (χ1) is 17.5. The van der Waals surface area contributed by atoms with E-state index < -0.39 is 79.3 Å². The maximum absolute atomic E-state index is 13.5. The Morgan fingerprint density at radius 1 is 0.372 bits per heavy atom. The molecule has 0 saturated heterocycles. The molecule has 0 atom stereocenters. The van der Waals surface area contributed by atoms with Gasteiger partial charge in [-0.05, 0) is 0 Å². The predicted octanol–water partition coefficient (Wildman–Crippen LogP) is 4.72. The maximum atomic E-state index is 13.5.